The third-order valence-electron chi connectivity index (χ3n) is 3.86. The maximum atomic E-state index is 2.29. The second-order valence-corrected chi connectivity index (χ2v) is 8.56. The molecule has 0 amide bonds. The van der Waals surface area contributed by atoms with E-state index in [4.69, 9.17) is 0 Å². The molecule has 0 atom stereocenters. The van der Waals surface area contributed by atoms with Gasteiger partial charge in [0.25, 0.3) is 0 Å². The monoisotopic (exact) mass is 332 g/mol. The molecule has 0 N–H and O–H groups in total. The molecule has 0 saturated heterocycles. The zero-order valence-electron chi connectivity index (χ0n) is 14.8. The van der Waals surface area contributed by atoms with Crippen LogP contribution in [0.4, 0.5) is 0 Å². The van der Waals surface area contributed by atoms with Crippen LogP contribution in [0.1, 0.15) is 97.3 Å². The fraction of sp³-hybridized carbons (Fsp3) is 1.00. The molecule has 0 nitrogen and oxygen atoms in total. The summed E-state index contributed by atoms with van der Waals surface area (Å²) in [4.78, 5) is 0. The quantitative estimate of drug-likeness (QED) is 0.237. The number of thioether (sulfide) groups is 2. The van der Waals surface area contributed by atoms with E-state index in [2.05, 4.69) is 37.4 Å². The fourth-order valence-electron chi connectivity index (χ4n) is 2.44. The normalized spacial score (nSPS) is 11.1. The smallest absolute Gasteiger partial charge is 0.00597 e. The molecular formula is C19H40S2. The third kappa shape index (κ3) is 20.7. The Kier molecular flexibility index (Phi) is 21.4. The van der Waals surface area contributed by atoms with Crippen LogP contribution in [0.3, 0.4) is 0 Å². The van der Waals surface area contributed by atoms with Crippen LogP contribution in [-0.4, -0.2) is 23.0 Å². The van der Waals surface area contributed by atoms with Gasteiger partial charge in [0.15, 0.2) is 0 Å². The van der Waals surface area contributed by atoms with E-state index in [1.54, 1.807) is 0 Å². The highest BCUT2D eigenvalue weighted by Gasteiger charge is 1.94. The Balaban J connectivity index is 2.90. The SMILES string of the molecule is CCCCCCCCSCCCSCCCCCCCC. The van der Waals surface area contributed by atoms with Gasteiger partial charge in [-0.3, -0.25) is 0 Å². The Hall–Kier alpha value is 0.700. The number of rotatable bonds is 18. The maximum Gasteiger partial charge on any atom is -0.00597 e. The van der Waals surface area contributed by atoms with E-state index < -0.39 is 0 Å². The number of hydrogen-bond donors (Lipinski definition) is 0. The first-order valence-corrected chi connectivity index (χ1v) is 11.9. The topological polar surface area (TPSA) is 0 Å². The minimum Gasteiger partial charge on any atom is -0.162 e. The van der Waals surface area contributed by atoms with Crippen LogP contribution < -0.4 is 0 Å². The molecule has 0 aliphatic rings. The summed E-state index contributed by atoms with van der Waals surface area (Å²) in [5.41, 5.74) is 0. The zero-order valence-corrected chi connectivity index (χ0v) is 16.5. The van der Waals surface area contributed by atoms with Gasteiger partial charge in [0.1, 0.15) is 0 Å². The van der Waals surface area contributed by atoms with Crippen LogP contribution in [0.5, 0.6) is 0 Å². The minimum atomic E-state index is 1.37. The van der Waals surface area contributed by atoms with Gasteiger partial charge in [-0.1, -0.05) is 78.1 Å². The fourth-order valence-corrected chi connectivity index (χ4v) is 4.54. The van der Waals surface area contributed by atoms with Crippen LogP contribution in [0.15, 0.2) is 0 Å². The summed E-state index contributed by atoms with van der Waals surface area (Å²) < 4.78 is 0. The van der Waals surface area contributed by atoms with Crippen molar-refractivity contribution in [3.63, 3.8) is 0 Å². The molecule has 0 heterocycles. The molecule has 0 aromatic rings. The third-order valence-corrected chi connectivity index (χ3v) is 6.17. The Bertz CT molecular complexity index is 153. The summed E-state index contributed by atoms with van der Waals surface area (Å²) in [6.45, 7) is 4.58. The molecule has 0 rings (SSSR count). The van der Waals surface area contributed by atoms with E-state index in [9.17, 15) is 0 Å². The van der Waals surface area contributed by atoms with Crippen molar-refractivity contribution in [1.82, 2.24) is 0 Å². The summed E-state index contributed by atoms with van der Waals surface area (Å²) in [5.74, 6) is 5.57. The number of unbranched alkanes of at least 4 members (excludes halogenated alkanes) is 10. The highest BCUT2D eigenvalue weighted by molar-refractivity contribution is 8.00. The molecule has 0 fully saturated rings. The van der Waals surface area contributed by atoms with E-state index in [0.717, 1.165) is 0 Å². The Morgan fingerprint density at radius 3 is 1.14 bits per heavy atom. The van der Waals surface area contributed by atoms with Gasteiger partial charge in [-0.05, 0) is 42.3 Å². The Morgan fingerprint density at radius 2 is 0.714 bits per heavy atom. The van der Waals surface area contributed by atoms with E-state index in [1.165, 1.54) is 106 Å². The van der Waals surface area contributed by atoms with Crippen molar-refractivity contribution in [2.45, 2.75) is 97.3 Å². The molecule has 0 aliphatic heterocycles. The lowest BCUT2D eigenvalue weighted by molar-refractivity contribution is 0.627. The van der Waals surface area contributed by atoms with Gasteiger partial charge < -0.3 is 0 Å². The average Bonchev–Trinajstić information content (AvgIpc) is 2.50. The van der Waals surface area contributed by atoms with E-state index >= 15 is 0 Å². The van der Waals surface area contributed by atoms with Crippen LogP contribution in [0, 0.1) is 0 Å². The van der Waals surface area contributed by atoms with Gasteiger partial charge in [0.05, 0.1) is 0 Å². The van der Waals surface area contributed by atoms with Crippen molar-refractivity contribution in [3.05, 3.63) is 0 Å². The van der Waals surface area contributed by atoms with Crippen molar-refractivity contribution < 1.29 is 0 Å². The summed E-state index contributed by atoms with van der Waals surface area (Å²) in [6.07, 6.45) is 18.7. The first-order valence-electron chi connectivity index (χ1n) is 9.57. The molecule has 0 aromatic heterocycles. The van der Waals surface area contributed by atoms with Gasteiger partial charge in [-0.2, -0.15) is 23.5 Å². The molecule has 0 bridgehead atoms. The van der Waals surface area contributed by atoms with Crippen molar-refractivity contribution in [2.24, 2.45) is 0 Å². The highest BCUT2D eigenvalue weighted by atomic mass is 32.2. The minimum absolute atomic E-state index is 1.37. The predicted octanol–water partition coefficient (Wildman–Crippen LogP) is 7.56. The van der Waals surface area contributed by atoms with Crippen molar-refractivity contribution in [1.29, 1.82) is 0 Å². The predicted molar refractivity (Wildman–Crippen MR) is 106 cm³/mol. The van der Waals surface area contributed by atoms with Gasteiger partial charge in [0.2, 0.25) is 0 Å². The second-order valence-electron chi connectivity index (χ2n) is 6.11. The molecule has 2 heteroatoms. The van der Waals surface area contributed by atoms with Gasteiger partial charge >= 0.3 is 0 Å². The van der Waals surface area contributed by atoms with Crippen molar-refractivity contribution >= 4 is 23.5 Å². The zero-order chi connectivity index (χ0) is 15.4. The maximum absolute atomic E-state index is 2.29. The summed E-state index contributed by atoms with van der Waals surface area (Å²) in [5, 5.41) is 0. The first kappa shape index (κ1) is 21.7. The first-order chi connectivity index (χ1) is 10.4. The van der Waals surface area contributed by atoms with E-state index in [1.807, 2.05) is 0 Å². The standard InChI is InChI=1S/C19H40S2/c1-3-5-7-9-11-13-16-20-18-15-19-21-17-14-12-10-8-6-4-2/h3-19H2,1-2H3. The molecule has 0 aliphatic carbocycles. The average molecular weight is 333 g/mol. The molecular weight excluding hydrogens is 292 g/mol. The molecule has 0 aromatic carbocycles. The Labute approximate surface area is 144 Å². The Morgan fingerprint density at radius 1 is 0.381 bits per heavy atom. The molecule has 0 spiro atoms. The molecule has 128 valence electrons. The number of hydrogen-bond acceptors (Lipinski definition) is 2. The van der Waals surface area contributed by atoms with Crippen LogP contribution in [-0.2, 0) is 0 Å². The molecule has 0 radical (unpaired) electrons. The van der Waals surface area contributed by atoms with Gasteiger partial charge in [-0.25, -0.2) is 0 Å². The van der Waals surface area contributed by atoms with Crippen LogP contribution in [0.2, 0.25) is 0 Å². The van der Waals surface area contributed by atoms with Crippen molar-refractivity contribution in [2.75, 3.05) is 23.0 Å². The lowest BCUT2D eigenvalue weighted by Gasteiger charge is -2.03. The van der Waals surface area contributed by atoms with Crippen LogP contribution in [0.25, 0.3) is 0 Å². The van der Waals surface area contributed by atoms with Crippen LogP contribution >= 0.6 is 23.5 Å². The van der Waals surface area contributed by atoms with Gasteiger partial charge in [-0.15, -0.1) is 0 Å². The van der Waals surface area contributed by atoms with Gasteiger partial charge in [0, 0.05) is 0 Å². The molecule has 21 heavy (non-hydrogen) atoms. The van der Waals surface area contributed by atoms with E-state index in [0.29, 0.717) is 0 Å². The highest BCUT2D eigenvalue weighted by Crippen LogP contribution is 2.14. The molecule has 0 saturated carbocycles. The van der Waals surface area contributed by atoms with E-state index in [-0.39, 0.29) is 0 Å². The summed E-state index contributed by atoms with van der Waals surface area (Å²) in [7, 11) is 0. The lowest BCUT2D eigenvalue weighted by atomic mass is 10.1. The molecule has 0 unspecified atom stereocenters. The van der Waals surface area contributed by atoms with Crippen molar-refractivity contribution in [3.8, 4) is 0 Å². The largest absolute Gasteiger partial charge is 0.162 e. The summed E-state index contributed by atoms with van der Waals surface area (Å²) >= 11 is 4.36. The summed E-state index contributed by atoms with van der Waals surface area (Å²) in [6, 6.07) is 0. The second kappa shape index (κ2) is 20.7. The lowest BCUT2D eigenvalue weighted by Crippen LogP contribution is -1.89.